The van der Waals surface area contributed by atoms with Gasteiger partial charge in [0.15, 0.2) is 5.03 Å². The van der Waals surface area contributed by atoms with E-state index >= 15 is 0 Å². The summed E-state index contributed by atoms with van der Waals surface area (Å²) in [6.45, 7) is 0.940. The van der Waals surface area contributed by atoms with Crippen molar-refractivity contribution in [3.63, 3.8) is 0 Å². The molecule has 2 aromatic heterocycles. The van der Waals surface area contributed by atoms with E-state index < -0.39 is 51.8 Å². The molecule has 1 aromatic carbocycles. The molecule has 41 heavy (non-hydrogen) atoms. The van der Waals surface area contributed by atoms with E-state index in [9.17, 15) is 26.4 Å². The number of rotatable bonds is 4. The number of nitrogens with zero attached hydrogens (tertiary/aromatic N) is 3. The number of sulfonamides is 1. The molecule has 0 amide bonds. The molecule has 7 nitrogen and oxygen atoms in total. The monoisotopic (exact) mass is 591 g/mol. The number of carbonyl (C=O) groups excluding carboxylic acids is 1. The summed E-state index contributed by atoms with van der Waals surface area (Å²) in [5.74, 6) is -0.238. The fourth-order valence-corrected chi connectivity index (χ4v) is 5.51. The largest absolute Gasteiger partial charge is 0.418 e. The minimum Gasteiger partial charge on any atom is -0.357 e. The zero-order valence-corrected chi connectivity index (χ0v) is 23.5. The molecule has 3 unspecified atom stereocenters. The quantitative estimate of drug-likeness (QED) is 0.350. The lowest BCUT2D eigenvalue weighted by molar-refractivity contribution is -0.137. The molecule has 0 spiro atoms. The molecule has 1 aliphatic rings. The number of hydrogen-bond acceptors (Lipinski definition) is 6. The first-order valence-electron chi connectivity index (χ1n) is 15.2. The van der Waals surface area contributed by atoms with Crippen molar-refractivity contribution < 1.29 is 30.5 Å². The number of fused-ring (bicyclic) bond motifs is 6. The highest BCUT2D eigenvalue weighted by Crippen LogP contribution is 2.38. The zero-order chi connectivity index (χ0) is 32.1. The molecular formula is C30H35F3N4O3S. The van der Waals surface area contributed by atoms with Crippen molar-refractivity contribution in [1.82, 2.24) is 9.97 Å². The Hall–Kier alpha value is -3.47. The molecule has 11 heteroatoms. The van der Waals surface area contributed by atoms with Crippen LogP contribution in [0.15, 0.2) is 59.6 Å². The van der Waals surface area contributed by atoms with Crippen molar-refractivity contribution >= 4 is 27.4 Å². The number of halogens is 3. The van der Waals surface area contributed by atoms with Crippen LogP contribution in [0.2, 0.25) is 0 Å². The van der Waals surface area contributed by atoms with Gasteiger partial charge in [0.1, 0.15) is 17.4 Å². The maximum atomic E-state index is 14.1. The van der Waals surface area contributed by atoms with Crippen LogP contribution < -0.4 is 9.62 Å². The van der Waals surface area contributed by atoms with E-state index in [1.807, 2.05) is 0 Å². The second kappa shape index (κ2) is 13.5. The first kappa shape index (κ1) is 26.4. The van der Waals surface area contributed by atoms with Gasteiger partial charge >= 0.3 is 6.18 Å². The fourth-order valence-electron chi connectivity index (χ4n) is 4.54. The number of Topliss-reactive ketones (excluding diaryl/α,β-unsaturated/α-hetero) is 1. The van der Waals surface area contributed by atoms with Crippen LogP contribution in [-0.2, 0) is 27.4 Å². The van der Waals surface area contributed by atoms with Crippen LogP contribution in [-0.4, -0.2) is 37.2 Å². The lowest BCUT2D eigenvalue weighted by Crippen LogP contribution is -2.28. The van der Waals surface area contributed by atoms with Crippen molar-refractivity contribution in [2.24, 2.45) is 0 Å². The number of benzene rings is 1. The lowest BCUT2D eigenvalue weighted by Gasteiger charge is -2.24. The zero-order valence-electron chi connectivity index (χ0n) is 25.7. The average molecular weight is 592 g/mol. The van der Waals surface area contributed by atoms with Crippen molar-refractivity contribution in [1.29, 1.82) is 0 Å². The molecule has 3 heterocycles. The van der Waals surface area contributed by atoms with Gasteiger partial charge in [-0.25, -0.2) is 9.97 Å². The number of aryl methyl sites for hydroxylation is 1. The van der Waals surface area contributed by atoms with E-state index in [4.69, 9.17) is 4.11 Å². The normalized spacial score (nSPS) is 21.9. The lowest BCUT2D eigenvalue weighted by atomic mass is 9.96. The number of pyridine rings is 2. The minimum absolute atomic E-state index is 0.00106. The molecule has 3 atom stereocenters. The SMILES string of the molecule is [2H]C1CCCCCCN(C([2H])CCC(C)=O)c2cccc(n2)S(=O)(=O)Nc2ccc(C(F)(F)F)c(n2)-c2ccccc2C1[2H]. The number of anilines is 2. The van der Waals surface area contributed by atoms with E-state index in [1.54, 1.807) is 17.0 Å². The second-order valence-corrected chi connectivity index (χ2v) is 11.5. The summed E-state index contributed by atoms with van der Waals surface area (Å²) in [5.41, 5.74) is -1.46. The van der Waals surface area contributed by atoms with Crippen LogP contribution >= 0.6 is 0 Å². The molecule has 1 N–H and O–H groups in total. The summed E-state index contributed by atoms with van der Waals surface area (Å²) >= 11 is 0. The topological polar surface area (TPSA) is 92.3 Å². The Morgan fingerprint density at radius 3 is 2.56 bits per heavy atom. The number of alkyl halides is 3. The highest BCUT2D eigenvalue weighted by molar-refractivity contribution is 7.92. The molecule has 0 saturated carbocycles. The maximum Gasteiger partial charge on any atom is 0.418 e. The standard InChI is InChI=1S/C30H35F3N4O3S/c1-22(38)12-11-21-37-20-9-5-3-2-4-6-13-23-14-7-8-15-24(23)29-25(30(31,32)33)18-19-26(34-29)36-41(39,40)28-17-10-16-27(37)35-28/h7-8,10,14-19H,2-6,9,11-13,20-21H2,1H3,(H,34,36)/i6D,13D,21D. The third kappa shape index (κ3) is 8.28. The summed E-state index contributed by atoms with van der Waals surface area (Å²) in [6, 6.07) is 11.9. The predicted octanol–water partition coefficient (Wildman–Crippen LogP) is 7.04. The van der Waals surface area contributed by atoms with Gasteiger partial charge < -0.3 is 9.69 Å². The van der Waals surface area contributed by atoms with E-state index in [0.717, 1.165) is 25.0 Å². The Morgan fingerprint density at radius 1 is 1.02 bits per heavy atom. The molecule has 4 bridgehead atoms. The van der Waals surface area contributed by atoms with Crippen LogP contribution in [0.1, 0.15) is 73.5 Å². The molecular weight excluding hydrogens is 553 g/mol. The molecule has 3 aromatic rings. The highest BCUT2D eigenvalue weighted by Gasteiger charge is 2.35. The summed E-state index contributed by atoms with van der Waals surface area (Å²) in [6.07, 6.45) is -3.44. The van der Waals surface area contributed by atoms with Gasteiger partial charge in [-0.3, -0.25) is 4.72 Å². The molecule has 4 rings (SSSR count). The Kier molecular flexibility index (Phi) is 8.68. The van der Waals surface area contributed by atoms with Gasteiger partial charge in [-0.05, 0) is 62.4 Å². The molecule has 0 saturated heterocycles. The Labute approximate surface area is 243 Å². The van der Waals surface area contributed by atoms with E-state index in [2.05, 4.69) is 14.7 Å². The van der Waals surface area contributed by atoms with E-state index in [1.165, 1.54) is 37.3 Å². The first-order chi connectivity index (χ1) is 20.8. The second-order valence-electron chi connectivity index (χ2n) is 9.84. The molecule has 1 aliphatic heterocycles. The van der Waals surface area contributed by atoms with Gasteiger partial charge in [0, 0.05) is 29.2 Å². The number of carbonyl (C=O) groups is 1. The molecule has 220 valence electrons. The van der Waals surface area contributed by atoms with E-state index in [-0.39, 0.29) is 41.4 Å². The summed E-state index contributed by atoms with van der Waals surface area (Å²) < 4.78 is 97.5. The Morgan fingerprint density at radius 2 is 1.78 bits per heavy atom. The molecule has 0 radical (unpaired) electrons. The fraction of sp³-hybridized carbons (Fsp3) is 0.433. The maximum absolute atomic E-state index is 14.1. The third-order valence-electron chi connectivity index (χ3n) is 6.60. The summed E-state index contributed by atoms with van der Waals surface area (Å²) in [7, 11) is -4.44. The van der Waals surface area contributed by atoms with Gasteiger partial charge in [0.05, 0.1) is 11.3 Å². The van der Waals surface area contributed by atoms with Crippen molar-refractivity contribution in [2.75, 3.05) is 22.7 Å². The smallest absolute Gasteiger partial charge is 0.357 e. The van der Waals surface area contributed by atoms with Crippen LogP contribution in [0.3, 0.4) is 0 Å². The molecule has 0 fully saturated rings. The summed E-state index contributed by atoms with van der Waals surface area (Å²) in [5, 5.41) is -0.413. The van der Waals surface area contributed by atoms with Crippen LogP contribution in [0.5, 0.6) is 0 Å². The Bertz CT molecular complexity index is 1580. The van der Waals surface area contributed by atoms with Gasteiger partial charge in [-0.1, -0.05) is 56.0 Å². The number of hydrogen-bond donors (Lipinski definition) is 1. The van der Waals surface area contributed by atoms with Gasteiger partial charge in [0.25, 0.3) is 10.0 Å². The van der Waals surface area contributed by atoms with Crippen molar-refractivity contribution in [3.05, 3.63) is 65.7 Å². The van der Waals surface area contributed by atoms with Crippen LogP contribution in [0.4, 0.5) is 24.8 Å². The van der Waals surface area contributed by atoms with Crippen molar-refractivity contribution in [3.8, 4) is 11.3 Å². The molecule has 0 aliphatic carbocycles. The van der Waals surface area contributed by atoms with Gasteiger partial charge in [-0.15, -0.1) is 0 Å². The first-order valence-corrected chi connectivity index (χ1v) is 15.0. The number of nitrogens with one attached hydrogen (secondary N) is 1. The third-order valence-corrected chi connectivity index (χ3v) is 7.85. The van der Waals surface area contributed by atoms with Crippen LogP contribution in [0, 0.1) is 0 Å². The average Bonchev–Trinajstić information content (AvgIpc) is 2.98. The van der Waals surface area contributed by atoms with Gasteiger partial charge in [-0.2, -0.15) is 21.6 Å². The predicted molar refractivity (Wildman–Crippen MR) is 153 cm³/mol. The summed E-state index contributed by atoms with van der Waals surface area (Å²) in [4.78, 5) is 21.6. The highest BCUT2D eigenvalue weighted by atomic mass is 32.2. The Balaban J connectivity index is 1.82. The number of aromatic nitrogens is 2. The van der Waals surface area contributed by atoms with E-state index in [0.29, 0.717) is 25.8 Å². The van der Waals surface area contributed by atoms with Crippen molar-refractivity contribution in [2.45, 2.75) is 75.9 Å². The van der Waals surface area contributed by atoms with Crippen LogP contribution in [0.25, 0.3) is 11.3 Å². The number of ketones is 1. The minimum atomic E-state index is -4.82. The van der Waals surface area contributed by atoms with Gasteiger partial charge in [0.2, 0.25) is 0 Å².